The fourth-order valence-corrected chi connectivity index (χ4v) is 3.37. The second-order valence-corrected chi connectivity index (χ2v) is 6.85. The van der Waals surface area contributed by atoms with Crippen LogP contribution in [0.2, 0.25) is 0 Å². The molecular weight excluding hydrogens is 360 g/mol. The van der Waals surface area contributed by atoms with Gasteiger partial charge in [0.1, 0.15) is 0 Å². The van der Waals surface area contributed by atoms with Crippen LogP contribution in [-0.2, 0) is 10.5 Å². The van der Waals surface area contributed by atoms with Crippen molar-refractivity contribution in [3.63, 3.8) is 0 Å². The number of aromatic hydroxyl groups is 1. The number of nitrogens with zero attached hydrogens (tertiary/aromatic N) is 1. The summed E-state index contributed by atoms with van der Waals surface area (Å²) in [6, 6.07) is 19.6. The van der Waals surface area contributed by atoms with Crippen molar-refractivity contribution < 1.29 is 14.6 Å². The number of amides is 1. The lowest BCUT2D eigenvalue weighted by molar-refractivity contribution is -0.118. The molecule has 0 saturated heterocycles. The molecule has 0 saturated carbocycles. The fourth-order valence-electron chi connectivity index (χ4n) is 2.60. The lowest BCUT2D eigenvalue weighted by Gasteiger charge is -2.05. The highest BCUT2D eigenvalue weighted by molar-refractivity contribution is 7.99. The van der Waals surface area contributed by atoms with E-state index in [2.05, 4.69) is 40.9 Å². The Bertz CT molecular complexity index is 973. The molecule has 2 N–H and O–H groups in total. The molecule has 3 rings (SSSR count). The molecule has 0 radical (unpaired) electrons. The van der Waals surface area contributed by atoms with Gasteiger partial charge in [0.15, 0.2) is 11.5 Å². The molecule has 6 heteroatoms. The van der Waals surface area contributed by atoms with E-state index >= 15 is 0 Å². The van der Waals surface area contributed by atoms with E-state index in [1.807, 2.05) is 12.1 Å². The van der Waals surface area contributed by atoms with Gasteiger partial charge in [0, 0.05) is 11.3 Å². The lowest BCUT2D eigenvalue weighted by Crippen LogP contribution is -2.19. The molecule has 0 bridgehead atoms. The van der Waals surface area contributed by atoms with Crippen molar-refractivity contribution in [1.82, 2.24) is 5.43 Å². The quantitative estimate of drug-likeness (QED) is 0.481. The van der Waals surface area contributed by atoms with Crippen LogP contribution in [0.15, 0.2) is 65.8 Å². The topological polar surface area (TPSA) is 70.9 Å². The summed E-state index contributed by atoms with van der Waals surface area (Å²) in [6.07, 6.45) is 1.39. The molecule has 0 spiro atoms. The van der Waals surface area contributed by atoms with E-state index in [0.29, 0.717) is 17.1 Å². The minimum atomic E-state index is -0.195. The number of nitrogens with one attached hydrogen (secondary N) is 1. The summed E-state index contributed by atoms with van der Waals surface area (Å²) in [5, 5.41) is 16.3. The molecule has 138 valence electrons. The third-order valence-electron chi connectivity index (χ3n) is 3.96. The van der Waals surface area contributed by atoms with Crippen molar-refractivity contribution in [1.29, 1.82) is 0 Å². The van der Waals surface area contributed by atoms with E-state index in [1.54, 1.807) is 18.2 Å². The molecule has 0 aliphatic carbocycles. The van der Waals surface area contributed by atoms with Gasteiger partial charge in [-0.2, -0.15) is 5.10 Å². The molecule has 3 aromatic rings. The summed E-state index contributed by atoms with van der Waals surface area (Å²) in [5.41, 5.74) is 4.12. The first-order valence-electron chi connectivity index (χ1n) is 8.40. The molecule has 0 unspecified atom stereocenters. The highest BCUT2D eigenvalue weighted by atomic mass is 32.2. The van der Waals surface area contributed by atoms with Gasteiger partial charge in [0.2, 0.25) is 5.91 Å². The van der Waals surface area contributed by atoms with Crippen molar-refractivity contribution in [2.75, 3.05) is 12.9 Å². The van der Waals surface area contributed by atoms with E-state index in [0.717, 1.165) is 5.75 Å². The average molecular weight is 380 g/mol. The van der Waals surface area contributed by atoms with Crippen molar-refractivity contribution in [3.05, 3.63) is 71.8 Å². The number of phenolic OH excluding ortho intramolecular Hbond substituents is 1. The molecule has 0 aliphatic rings. The zero-order chi connectivity index (χ0) is 19.1. The van der Waals surface area contributed by atoms with Gasteiger partial charge in [-0.15, -0.1) is 11.8 Å². The van der Waals surface area contributed by atoms with Gasteiger partial charge in [-0.1, -0.05) is 48.5 Å². The summed E-state index contributed by atoms with van der Waals surface area (Å²) in [6.45, 7) is 0. The molecule has 0 atom stereocenters. The Labute approximate surface area is 162 Å². The summed E-state index contributed by atoms with van der Waals surface area (Å²) in [7, 11) is 1.48. The Morgan fingerprint density at radius 1 is 1.15 bits per heavy atom. The van der Waals surface area contributed by atoms with Crippen LogP contribution < -0.4 is 10.2 Å². The number of fused-ring (bicyclic) bond motifs is 1. The second kappa shape index (κ2) is 9.09. The Balaban J connectivity index is 1.48. The van der Waals surface area contributed by atoms with Crippen LogP contribution in [0.5, 0.6) is 11.5 Å². The van der Waals surface area contributed by atoms with Crippen LogP contribution in [0.1, 0.15) is 11.1 Å². The predicted octanol–water partition coefficient (Wildman–Crippen LogP) is 3.94. The van der Waals surface area contributed by atoms with Gasteiger partial charge in [-0.05, 0) is 28.5 Å². The van der Waals surface area contributed by atoms with Gasteiger partial charge in [-0.3, -0.25) is 4.79 Å². The maximum Gasteiger partial charge on any atom is 0.250 e. The first kappa shape index (κ1) is 18.8. The normalized spacial score (nSPS) is 11.0. The van der Waals surface area contributed by atoms with Crippen LogP contribution in [-0.4, -0.2) is 30.1 Å². The molecule has 0 aliphatic heterocycles. The Kier molecular flexibility index (Phi) is 6.33. The van der Waals surface area contributed by atoms with Crippen LogP contribution in [0, 0.1) is 0 Å². The van der Waals surface area contributed by atoms with Crippen LogP contribution in [0.4, 0.5) is 0 Å². The highest BCUT2D eigenvalue weighted by Crippen LogP contribution is 2.27. The third kappa shape index (κ3) is 5.01. The first-order chi connectivity index (χ1) is 13.2. The summed E-state index contributed by atoms with van der Waals surface area (Å²) in [5.74, 6) is 1.20. The van der Waals surface area contributed by atoms with Crippen molar-refractivity contribution in [2.45, 2.75) is 5.75 Å². The predicted molar refractivity (Wildman–Crippen MR) is 111 cm³/mol. The number of hydrogen-bond donors (Lipinski definition) is 2. The highest BCUT2D eigenvalue weighted by Gasteiger charge is 2.05. The van der Waals surface area contributed by atoms with Gasteiger partial charge < -0.3 is 9.84 Å². The maximum atomic E-state index is 11.9. The van der Waals surface area contributed by atoms with Crippen LogP contribution in [0.3, 0.4) is 0 Å². The zero-order valence-corrected chi connectivity index (χ0v) is 15.7. The Hall–Kier alpha value is -2.99. The van der Waals surface area contributed by atoms with Gasteiger partial charge in [-0.25, -0.2) is 5.43 Å². The molecule has 0 aromatic heterocycles. The minimum absolute atomic E-state index is 0.0105. The molecule has 1 amide bonds. The number of hydrogen-bond acceptors (Lipinski definition) is 5. The number of ether oxygens (including phenoxy) is 1. The van der Waals surface area contributed by atoms with Gasteiger partial charge in [0.05, 0.1) is 19.1 Å². The third-order valence-corrected chi connectivity index (χ3v) is 4.96. The number of hydrazone groups is 1. The number of rotatable bonds is 7. The first-order valence-corrected chi connectivity index (χ1v) is 9.56. The van der Waals surface area contributed by atoms with Crippen molar-refractivity contribution in [2.24, 2.45) is 5.10 Å². The smallest absolute Gasteiger partial charge is 0.250 e. The molecule has 27 heavy (non-hydrogen) atoms. The maximum absolute atomic E-state index is 11.9. The number of carbonyl (C=O) groups is 1. The number of phenols is 1. The van der Waals surface area contributed by atoms with E-state index in [1.165, 1.54) is 41.4 Å². The van der Waals surface area contributed by atoms with E-state index in [4.69, 9.17) is 4.74 Å². The number of thioether (sulfide) groups is 1. The standard InChI is InChI=1S/C21H20N2O3S/c1-26-19-8-4-7-18(21(19)25)12-22-23-20(24)14-27-13-15-9-10-16-5-2-3-6-17(16)11-15/h2-12,25H,13-14H2,1H3,(H,23,24). The molecule has 0 heterocycles. The van der Waals surface area contributed by atoms with Crippen LogP contribution >= 0.6 is 11.8 Å². The van der Waals surface area contributed by atoms with E-state index in [-0.39, 0.29) is 11.7 Å². The van der Waals surface area contributed by atoms with Crippen molar-refractivity contribution in [3.8, 4) is 11.5 Å². The number of benzene rings is 3. The average Bonchev–Trinajstić information content (AvgIpc) is 2.69. The van der Waals surface area contributed by atoms with E-state index in [9.17, 15) is 9.90 Å². The van der Waals surface area contributed by atoms with Gasteiger partial charge in [0.25, 0.3) is 0 Å². The SMILES string of the molecule is COc1cccc(C=NNC(=O)CSCc2ccc3ccccc3c2)c1O. The largest absolute Gasteiger partial charge is 0.504 e. The zero-order valence-electron chi connectivity index (χ0n) is 14.9. The monoisotopic (exact) mass is 380 g/mol. The molecule has 0 fully saturated rings. The molecular formula is C21H20N2O3S. The Morgan fingerprint density at radius 3 is 2.78 bits per heavy atom. The summed E-state index contributed by atoms with van der Waals surface area (Å²) < 4.78 is 5.03. The Morgan fingerprint density at radius 2 is 1.96 bits per heavy atom. The summed E-state index contributed by atoms with van der Waals surface area (Å²) in [4.78, 5) is 11.9. The molecule has 5 nitrogen and oxygen atoms in total. The minimum Gasteiger partial charge on any atom is -0.504 e. The summed E-state index contributed by atoms with van der Waals surface area (Å²) >= 11 is 1.52. The van der Waals surface area contributed by atoms with Crippen molar-refractivity contribution >= 4 is 34.7 Å². The second-order valence-electron chi connectivity index (χ2n) is 5.87. The number of carbonyl (C=O) groups excluding carboxylic acids is 1. The van der Waals surface area contributed by atoms with Crippen LogP contribution in [0.25, 0.3) is 10.8 Å². The van der Waals surface area contributed by atoms with Gasteiger partial charge >= 0.3 is 0 Å². The number of para-hydroxylation sites is 1. The fraction of sp³-hybridized carbons (Fsp3) is 0.143. The lowest BCUT2D eigenvalue weighted by atomic mass is 10.1. The molecule has 3 aromatic carbocycles. The van der Waals surface area contributed by atoms with E-state index < -0.39 is 0 Å². The number of methoxy groups -OCH3 is 1.